The van der Waals surface area contributed by atoms with Gasteiger partial charge >= 0.3 is 0 Å². The maximum atomic E-state index is 5.20. The molecule has 3 unspecified atom stereocenters. The average molecular weight is 431 g/mol. The zero-order chi connectivity index (χ0) is 22.8. The van der Waals surface area contributed by atoms with Crippen molar-refractivity contribution in [2.45, 2.75) is 32.9 Å². The van der Waals surface area contributed by atoms with Crippen molar-refractivity contribution in [3.05, 3.63) is 126 Å². The summed E-state index contributed by atoms with van der Waals surface area (Å²) in [7, 11) is 0. The summed E-state index contributed by atoms with van der Waals surface area (Å²) >= 11 is 0. The SMILES string of the molecule is CC1=CC(C)C(NC(c2ccccc2)c2cccc(-c3cccc4ccccc34)n2)C(C)=C1. The van der Waals surface area contributed by atoms with Gasteiger partial charge in [-0.1, -0.05) is 109 Å². The number of nitrogens with zero attached hydrogens (tertiary/aromatic N) is 1. The fourth-order valence-corrected chi connectivity index (χ4v) is 5.09. The molecule has 5 rings (SSSR count). The van der Waals surface area contributed by atoms with Crippen molar-refractivity contribution >= 4 is 10.8 Å². The van der Waals surface area contributed by atoms with E-state index in [2.05, 4.69) is 129 Å². The van der Waals surface area contributed by atoms with E-state index >= 15 is 0 Å². The number of benzene rings is 3. The van der Waals surface area contributed by atoms with Gasteiger partial charge in [-0.25, -0.2) is 0 Å². The summed E-state index contributed by atoms with van der Waals surface area (Å²) in [5.74, 6) is 0.419. The Kier molecular flexibility index (Phi) is 5.93. The molecule has 0 amide bonds. The zero-order valence-electron chi connectivity index (χ0n) is 19.5. The van der Waals surface area contributed by atoms with E-state index in [0.29, 0.717) is 5.92 Å². The van der Waals surface area contributed by atoms with Crippen LogP contribution in [0.15, 0.2) is 114 Å². The summed E-state index contributed by atoms with van der Waals surface area (Å²) in [5.41, 5.74) is 7.15. The lowest BCUT2D eigenvalue weighted by Crippen LogP contribution is -2.40. The molecule has 2 nitrogen and oxygen atoms in total. The van der Waals surface area contributed by atoms with Gasteiger partial charge in [0.15, 0.2) is 0 Å². The maximum absolute atomic E-state index is 5.20. The number of nitrogens with one attached hydrogen (secondary N) is 1. The highest BCUT2D eigenvalue weighted by Crippen LogP contribution is 2.31. The van der Waals surface area contributed by atoms with Gasteiger partial charge in [0.2, 0.25) is 0 Å². The van der Waals surface area contributed by atoms with Gasteiger partial charge in [0, 0.05) is 11.6 Å². The van der Waals surface area contributed by atoms with Gasteiger partial charge in [0.1, 0.15) is 0 Å². The molecule has 1 aliphatic rings. The van der Waals surface area contributed by atoms with E-state index in [0.717, 1.165) is 11.4 Å². The molecule has 1 aliphatic carbocycles. The van der Waals surface area contributed by atoms with Crippen molar-refractivity contribution in [2.75, 3.05) is 0 Å². The molecule has 0 bridgehead atoms. The first kappa shape index (κ1) is 21.4. The third kappa shape index (κ3) is 4.40. The first-order valence-electron chi connectivity index (χ1n) is 11.7. The van der Waals surface area contributed by atoms with Gasteiger partial charge in [-0.3, -0.25) is 10.3 Å². The van der Waals surface area contributed by atoms with Gasteiger partial charge in [-0.05, 0) is 48.2 Å². The van der Waals surface area contributed by atoms with Gasteiger partial charge < -0.3 is 0 Å². The molecule has 0 radical (unpaired) electrons. The molecule has 4 aromatic rings. The van der Waals surface area contributed by atoms with E-state index in [-0.39, 0.29) is 12.1 Å². The summed E-state index contributed by atoms with van der Waals surface area (Å²) in [5, 5.41) is 6.41. The molecule has 164 valence electrons. The Bertz CT molecular complexity index is 1330. The van der Waals surface area contributed by atoms with Gasteiger partial charge in [0.05, 0.1) is 17.4 Å². The third-order valence-corrected chi connectivity index (χ3v) is 6.61. The molecule has 0 saturated carbocycles. The van der Waals surface area contributed by atoms with Crippen LogP contribution in [-0.2, 0) is 0 Å². The Morgan fingerprint density at radius 1 is 0.788 bits per heavy atom. The minimum Gasteiger partial charge on any atom is -0.298 e. The van der Waals surface area contributed by atoms with E-state index in [9.17, 15) is 0 Å². The number of aromatic nitrogens is 1. The number of hydrogen-bond acceptors (Lipinski definition) is 2. The Morgan fingerprint density at radius 2 is 1.52 bits per heavy atom. The van der Waals surface area contributed by atoms with Crippen molar-refractivity contribution in [1.82, 2.24) is 10.3 Å². The summed E-state index contributed by atoms with van der Waals surface area (Å²) in [6.45, 7) is 6.70. The summed E-state index contributed by atoms with van der Waals surface area (Å²) in [4.78, 5) is 5.20. The second-order valence-electron chi connectivity index (χ2n) is 9.12. The second kappa shape index (κ2) is 9.17. The molecule has 0 aliphatic heterocycles. The molecule has 33 heavy (non-hydrogen) atoms. The molecule has 0 spiro atoms. The lowest BCUT2D eigenvalue weighted by Gasteiger charge is -2.32. The van der Waals surface area contributed by atoms with Crippen LogP contribution in [0.1, 0.15) is 38.1 Å². The molecule has 3 aromatic carbocycles. The van der Waals surface area contributed by atoms with Crippen molar-refractivity contribution in [2.24, 2.45) is 5.92 Å². The molecular formula is C31H30N2. The Balaban J connectivity index is 1.57. The Labute approximate surface area is 196 Å². The molecule has 1 N–H and O–H groups in total. The summed E-state index contributed by atoms with van der Waals surface area (Å²) < 4.78 is 0. The predicted octanol–water partition coefficient (Wildman–Crippen LogP) is 7.49. The molecule has 0 fully saturated rings. The molecular weight excluding hydrogens is 400 g/mol. The average Bonchev–Trinajstić information content (AvgIpc) is 2.84. The van der Waals surface area contributed by atoms with Crippen LogP contribution in [0.5, 0.6) is 0 Å². The number of allylic oxidation sites excluding steroid dienone is 2. The Morgan fingerprint density at radius 3 is 2.33 bits per heavy atom. The predicted molar refractivity (Wildman–Crippen MR) is 139 cm³/mol. The van der Waals surface area contributed by atoms with Crippen LogP contribution in [0.25, 0.3) is 22.0 Å². The first-order valence-corrected chi connectivity index (χ1v) is 11.7. The van der Waals surface area contributed by atoms with Crippen LogP contribution >= 0.6 is 0 Å². The van der Waals surface area contributed by atoms with Gasteiger partial charge in [-0.2, -0.15) is 0 Å². The summed E-state index contributed by atoms with van der Waals surface area (Å²) in [6.07, 6.45) is 4.65. The van der Waals surface area contributed by atoms with E-state index in [1.165, 1.54) is 33.0 Å². The van der Waals surface area contributed by atoms with Crippen LogP contribution in [0.2, 0.25) is 0 Å². The molecule has 1 heterocycles. The van der Waals surface area contributed by atoms with Crippen molar-refractivity contribution in [3.8, 4) is 11.3 Å². The lowest BCUT2D eigenvalue weighted by molar-refractivity contribution is 0.435. The highest BCUT2D eigenvalue weighted by Gasteiger charge is 2.26. The minimum absolute atomic E-state index is 0.00346. The van der Waals surface area contributed by atoms with Crippen molar-refractivity contribution in [1.29, 1.82) is 0 Å². The fraction of sp³-hybridized carbons (Fsp3) is 0.194. The van der Waals surface area contributed by atoms with Crippen molar-refractivity contribution in [3.63, 3.8) is 0 Å². The van der Waals surface area contributed by atoms with E-state index < -0.39 is 0 Å². The zero-order valence-corrected chi connectivity index (χ0v) is 19.5. The lowest BCUT2D eigenvalue weighted by atomic mass is 9.86. The quantitative estimate of drug-likeness (QED) is 0.355. The van der Waals surface area contributed by atoms with E-state index in [4.69, 9.17) is 4.98 Å². The highest BCUT2D eigenvalue weighted by molar-refractivity contribution is 5.95. The van der Waals surface area contributed by atoms with Crippen LogP contribution in [0.3, 0.4) is 0 Å². The van der Waals surface area contributed by atoms with Gasteiger partial charge in [-0.15, -0.1) is 0 Å². The van der Waals surface area contributed by atoms with Gasteiger partial charge in [0.25, 0.3) is 0 Å². The maximum Gasteiger partial charge on any atom is 0.0756 e. The summed E-state index contributed by atoms with van der Waals surface area (Å²) in [6, 6.07) is 32.3. The number of pyridine rings is 1. The Hall–Kier alpha value is -3.49. The standard InChI is InChI=1S/C31H30N2/c1-21-19-22(2)30(23(3)20-21)33-31(25-12-5-4-6-13-25)29-18-10-17-28(32-29)27-16-9-14-24-11-7-8-15-26(24)27/h4-20,22,30-31,33H,1-3H3. The van der Waals surface area contributed by atoms with Crippen LogP contribution in [-0.4, -0.2) is 11.0 Å². The minimum atomic E-state index is 0.00346. The molecule has 3 atom stereocenters. The van der Waals surface area contributed by atoms with Crippen molar-refractivity contribution < 1.29 is 0 Å². The highest BCUT2D eigenvalue weighted by atomic mass is 15.0. The first-order chi connectivity index (χ1) is 16.1. The van der Waals surface area contributed by atoms with E-state index in [1.54, 1.807) is 0 Å². The fourth-order valence-electron chi connectivity index (χ4n) is 5.09. The van der Waals surface area contributed by atoms with Crippen LogP contribution in [0.4, 0.5) is 0 Å². The monoisotopic (exact) mass is 430 g/mol. The van der Waals surface area contributed by atoms with Crippen LogP contribution < -0.4 is 5.32 Å². The largest absolute Gasteiger partial charge is 0.298 e. The topological polar surface area (TPSA) is 24.9 Å². The number of fused-ring (bicyclic) bond motifs is 1. The molecule has 2 heteroatoms. The van der Waals surface area contributed by atoms with E-state index in [1.807, 2.05) is 0 Å². The third-order valence-electron chi connectivity index (χ3n) is 6.61. The number of rotatable bonds is 5. The molecule has 1 aromatic heterocycles. The molecule has 0 saturated heterocycles. The normalized spacial score (nSPS) is 19.1. The number of hydrogen-bond donors (Lipinski definition) is 1. The van der Waals surface area contributed by atoms with Crippen LogP contribution in [0, 0.1) is 5.92 Å². The second-order valence-corrected chi connectivity index (χ2v) is 9.12. The smallest absolute Gasteiger partial charge is 0.0756 e.